The minimum atomic E-state index is -4.67. The zero-order chi connectivity index (χ0) is 21.3. The lowest BCUT2D eigenvalue weighted by atomic mass is 10.1. The van der Waals surface area contributed by atoms with Crippen LogP contribution in [0.2, 0.25) is 0 Å². The SMILES string of the molecule is O=C1C[C@H](Sc2nc(-c3ccccc3)cc(C(F)(F)F)n2)C(=O)N1c1ccccc1. The molecule has 2 aromatic carbocycles. The molecule has 1 fully saturated rings. The summed E-state index contributed by atoms with van der Waals surface area (Å²) in [6.45, 7) is 0. The van der Waals surface area contributed by atoms with E-state index >= 15 is 0 Å². The first-order valence-corrected chi connectivity index (χ1v) is 9.81. The van der Waals surface area contributed by atoms with Crippen LogP contribution in [0.25, 0.3) is 11.3 Å². The van der Waals surface area contributed by atoms with Crippen LogP contribution in [0.5, 0.6) is 0 Å². The summed E-state index contributed by atoms with van der Waals surface area (Å²) in [6.07, 6.45) is -4.81. The number of hydrogen-bond acceptors (Lipinski definition) is 5. The van der Waals surface area contributed by atoms with Crippen molar-refractivity contribution in [1.29, 1.82) is 0 Å². The number of nitrogens with zero attached hydrogens (tertiary/aromatic N) is 3. The Bertz CT molecular complexity index is 1090. The third-order valence-corrected chi connectivity index (χ3v) is 5.48. The van der Waals surface area contributed by atoms with Crippen LogP contribution in [0.3, 0.4) is 0 Å². The van der Waals surface area contributed by atoms with Crippen molar-refractivity contribution in [2.45, 2.75) is 23.0 Å². The average Bonchev–Trinajstić information content (AvgIpc) is 3.01. The van der Waals surface area contributed by atoms with Crippen molar-refractivity contribution in [2.75, 3.05) is 4.90 Å². The van der Waals surface area contributed by atoms with E-state index < -0.39 is 28.9 Å². The Kier molecular flexibility index (Phi) is 5.29. The number of carbonyl (C=O) groups excluding carboxylic acids is 2. The molecule has 4 rings (SSSR count). The van der Waals surface area contributed by atoms with Crippen molar-refractivity contribution < 1.29 is 22.8 Å². The van der Waals surface area contributed by atoms with E-state index in [0.29, 0.717) is 11.3 Å². The molecule has 9 heteroatoms. The minimum absolute atomic E-state index is 0.0945. The molecule has 0 unspecified atom stereocenters. The van der Waals surface area contributed by atoms with E-state index in [-0.39, 0.29) is 17.3 Å². The summed E-state index contributed by atoms with van der Waals surface area (Å²) in [5.41, 5.74) is -0.0924. The first kappa shape index (κ1) is 20.1. The topological polar surface area (TPSA) is 63.2 Å². The fourth-order valence-electron chi connectivity index (χ4n) is 3.05. The van der Waals surface area contributed by atoms with Gasteiger partial charge in [-0.25, -0.2) is 14.9 Å². The van der Waals surface area contributed by atoms with Crippen LogP contribution in [0, 0.1) is 0 Å². The number of alkyl halides is 3. The van der Waals surface area contributed by atoms with Crippen molar-refractivity contribution in [3.63, 3.8) is 0 Å². The number of carbonyl (C=O) groups is 2. The van der Waals surface area contributed by atoms with E-state index in [0.717, 1.165) is 22.7 Å². The Morgan fingerprint density at radius 3 is 2.20 bits per heavy atom. The zero-order valence-corrected chi connectivity index (χ0v) is 16.2. The molecule has 2 heterocycles. The molecule has 0 spiro atoms. The molecule has 0 N–H and O–H groups in total. The van der Waals surface area contributed by atoms with Gasteiger partial charge in [-0.3, -0.25) is 9.59 Å². The quantitative estimate of drug-likeness (QED) is 0.449. The Morgan fingerprint density at radius 1 is 0.933 bits per heavy atom. The molecule has 0 saturated carbocycles. The molecule has 1 aliphatic rings. The standard InChI is InChI=1S/C21H14F3N3O2S/c22-21(23,24)17-11-15(13-7-3-1-4-8-13)25-20(26-17)30-16-12-18(28)27(19(16)29)14-9-5-2-6-10-14/h1-11,16H,12H2/t16-/m0/s1. The number of hydrogen-bond donors (Lipinski definition) is 0. The molecular weight excluding hydrogens is 415 g/mol. The third kappa shape index (κ3) is 4.06. The maximum atomic E-state index is 13.4. The maximum Gasteiger partial charge on any atom is 0.433 e. The van der Waals surface area contributed by atoms with Crippen molar-refractivity contribution in [3.8, 4) is 11.3 Å². The largest absolute Gasteiger partial charge is 0.433 e. The summed E-state index contributed by atoms with van der Waals surface area (Å²) in [6, 6.07) is 17.6. The van der Waals surface area contributed by atoms with Gasteiger partial charge in [0.25, 0.3) is 0 Å². The highest BCUT2D eigenvalue weighted by molar-refractivity contribution is 8.00. The highest BCUT2D eigenvalue weighted by atomic mass is 32.2. The molecule has 1 aliphatic heterocycles. The van der Waals surface area contributed by atoms with Crippen molar-refractivity contribution in [1.82, 2.24) is 9.97 Å². The van der Waals surface area contributed by atoms with Crippen LogP contribution in [-0.4, -0.2) is 27.0 Å². The van der Waals surface area contributed by atoms with E-state index in [2.05, 4.69) is 9.97 Å². The van der Waals surface area contributed by atoms with Crippen LogP contribution < -0.4 is 4.90 Å². The molecule has 0 radical (unpaired) electrons. The average molecular weight is 429 g/mol. The summed E-state index contributed by atoms with van der Waals surface area (Å²) in [5.74, 6) is -0.919. The second-order valence-electron chi connectivity index (χ2n) is 6.50. The van der Waals surface area contributed by atoms with Crippen molar-refractivity contribution in [2.24, 2.45) is 0 Å². The highest BCUT2D eigenvalue weighted by Crippen LogP contribution is 2.36. The molecule has 30 heavy (non-hydrogen) atoms. The first-order valence-electron chi connectivity index (χ1n) is 8.93. The lowest BCUT2D eigenvalue weighted by molar-refractivity contribution is -0.141. The lowest BCUT2D eigenvalue weighted by Gasteiger charge is -2.15. The van der Waals surface area contributed by atoms with Gasteiger partial charge in [-0.15, -0.1) is 0 Å². The summed E-state index contributed by atoms with van der Waals surface area (Å²) >= 11 is 0.766. The molecule has 1 atom stereocenters. The van der Waals surface area contributed by atoms with Gasteiger partial charge in [-0.2, -0.15) is 13.2 Å². The van der Waals surface area contributed by atoms with Gasteiger partial charge in [0.2, 0.25) is 11.8 Å². The van der Waals surface area contributed by atoms with E-state index in [9.17, 15) is 22.8 Å². The fourth-order valence-corrected chi connectivity index (χ4v) is 4.04. The summed E-state index contributed by atoms with van der Waals surface area (Å²) in [7, 11) is 0. The second-order valence-corrected chi connectivity index (χ2v) is 7.67. The molecule has 152 valence electrons. The Balaban J connectivity index is 1.66. The number of amides is 2. The monoisotopic (exact) mass is 429 g/mol. The second kappa shape index (κ2) is 7.91. The number of aromatic nitrogens is 2. The molecule has 3 aromatic rings. The van der Waals surface area contributed by atoms with E-state index in [1.807, 2.05) is 0 Å². The Hall–Kier alpha value is -3.20. The van der Waals surface area contributed by atoms with Crippen molar-refractivity contribution in [3.05, 3.63) is 72.4 Å². The van der Waals surface area contributed by atoms with Gasteiger partial charge in [-0.05, 0) is 18.2 Å². The predicted molar refractivity (Wildman–Crippen MR) is 106 cm³/mol. The fraction of sp³-hybridized carbons (Fsp3) is 0.143. The number of halogens is 3. The van der Waals surface area contributed by atoms with Crippen LogP contribution in [0.4, 0.5) is 18.9 Å². The van der Waals surface area contributed by atoms with Gasteiger partial charge in [0, 0.05) is 12.0 Å². The predicted octanol–water partition coefficient (Wildman–Crippen LogP) is 4.59. The van der Waals surface area contributed by atoms with Gasteiger partial charge >= 0.3 is 6.18 Å². The smallest absolute Gasteiger partial charge is 0.274 e. The van der Waals surface area contributed by atoms with Gasteiger partial charge in [0.05, 0.1) is 11.4 Å². The normalized spacial score (nSPS) is 16.9. The van der Waals surface area contributed by atoms with Gasteiger partial charge in [0.15, 0.2) is 5.16 Å². The molecule has 0 aliphatic carbocycles. The molecule has 5 nitrogen and oxygen atoms in total. The Labute approximate surface area is 174 Å². The molecule has 0 bridgehead atoms. The van der Waals surface area contributed by atoms with Crippen LogP contribution in [0.15, 0.2) is 71.9 Å². The van der Waals surface area contributed by atoms with E-state index in [1.165, 1.54) is 0 Å². The number of imide groups is 1. The molecule has 1 saturated heterocycles. The highest BCUT2D eigenvalue weighted by Gasteiger charge is 2.41. The van der Waals surface area contributed by atoms with Crippen LogP contribution in [-0.2, 0) is 15.8 Å². The number of rotatable bonds is 4. The molecule has 2 amide bonds. The third-order valence-electron chi connectivity index (χ3n) is 4.43. The summed E-state index contributed by atoms with van der Waals surface area (Å²) in [4.78, 5) is 34.0. The number of anilines is 1. The minimum Gasteiger partial charge on any atom is -0.274 e. The number of para-hydroxylation sites is 1. The van der Waals surface area contributed by atoms with Gasteiger partial charge < -0.3 is 0 Å². The molecule has 1 aromatic heterocycles. The zero-order valence-electron chi connectivity index (χ0n) is 15.3. The number of benzene rings is 2. The first-order chi connectivity index (χ1) is 14.3. The van der Waals surface area contributed by atoms with Crippen molar-refractivity contribution >= 4 is 29.3 Å². The van der Waals surface area contributed by atoms with Gasteiger partial charge in [0.1, 0.15) is 10.9 Å². The Morgan fingerprint density at radius 2 is 1.57 bits per heavy atom. The number of thioether (sulfide) groups is 1. The summed E-state index contributed by atoms with van der Waals surface area (Å²) < 4.78 is 40.1. The maximum absolute atomic E-state index is 13.4. The van der Waals surface area contributed by atoms with E-state index in [1.54, 1.807) is 60.7 Å². The molecular formula is C21H14F3N3O2S. The lowest BCUT2D eigenvalue weighted by Crippen LogP contribution is -2.31. The van der Waals surface area contributed by atoms with Gasteiger partial charge in [-0.1, -0.05) is 60.3 Å². The van der Waals surface area contributed by atoms with Crippen LogP contribution in [0.1, 0.15) is 12.1 Å². The summed E-state index contributed by atoms with van der Waals surface area (Å²) in [5, 5.41) is -1.10. The van der Waals surface area contributed by atoms with E-state index in [4.69, 9.17) is 0 Å². The van der Waals surface area contributed by atoms with Crippen LogP contribution >= 0.6 is 11.8 Å².